The molecule has 168 valence electrons. The number of nitrogens with zero attached hydrogens (tertiary/aromatic N) is 2. The summed E-state index contributed by atoms with van der Waals surface area (Å²) in [5, 5.41) is 11.0. The van der Waals surface area contributed by atoms with E-state index in [0.29, 0.717) is 6.07 Å². The monoisotopic (exact) mass is 476 g/mol. The standard InChI is InChI=1S/C19H20ClF3N2O5Si/c1-24(2)31(3,4)11-29-18(26)14-10-13(6-7-16(14)25(27)28)30-17-8-5-12(9-15(17)20)19(21,22)23/h5-10H,11H2,1-4H3. The zero-order valence-electron chi connectivity index (χ0n) is 17.1. The van der Waals surface area contributed by atoms with Crippen LogP contribution < -0.4 is 4.74 Å². The highest BCUT2D eigenvalue weighted by Gasteiger charge is 2.31. The van der Waals surface area contributed by atoms with Crippen molar-refractivity contribution in [3.05, 3.63) is 62.7 Å². The van der Waals surface area contributed by atoms with Crippen molar-refractivity contribution < 1.29 is 32.4 Å². The van der Waals surface area contributed by atoms with Gasteiger partial charge in [-0.3, -0.25) is 10.1 Å². The lowest BCUT2D eigenvalue weighted by Gasteiger charge is -2.29. The van der Waals surface area contributed by atoms with Crippen LogP contribution in [0.4, 0.5) is 18.9 Å². The Morgan fingerprint density at radius 2 is 1.84 bits per heavy atom. The maximum Gasteiger partial charge on any atom is 0.416 e. The Balaban J connectivity index is 2.31. The molecule has 2 rings (SSSR count). The molecule has 31 heavy (non-hydrogen) atoms. The van der Waals surface area contributed by atoms with Crippen LogP contribution in [0.2, 0.25) is 18.1 Å². The highest BCUT2D eigenvalue weighted by molar-refractivity contribution is 6.74. The number of nitro benzene ring substituents is 1. The molecule has 0 fully saturated rings. The second kappa shape index (κ2) is 9.24. The average molecular weight is 477 g/mol. The second-order valence-corrected chi connectivity index (χ2v) is 12.7. The molecule has 0 unspecified atom stereocenters. The lowest BCUT2D eigenvalue weighted by Crippen LogP contribution is -2.48. The number of benzene rings is 2. The molecule has 7 nitrogen and oxygen atoms in total. The van der Waals surface area contributed by atoms with Gasteiger partial charge in [-0.2, -0.15) is 13.2 Å². The Morgan fingerprint density at radius 3 is 2.35 bits per heavy atom. The first kappa shape index (κ1) is 24.6. The van der Waals surface area contributed by atoms with E-state index in [-0.39, 0.29) is 28.3 Å². The van der Waals surface area contributed by atoms with E-state index in [1.165, 1.54) is 6.07 Å². The van der Waals surface area contributed by atoms with Gasteiger partial charge < -0.3 is 14.0 Å². The van der Waals surface area contributed by atoms with Gasteiger partial charge in [-0.05, 0) is 38.4 Å². The Labute approximate surface area is 182 Å². The fraction of sp³-hybridized carbons (Fsp3) is 0.316. The van der Waals surface area contributed by atoms with E-state index in [1.54, 1.807) is 0 Å². The molecule has 0 N–H and O–H groups in total. The molecule has 0 amide bonds. The predicted molar refractivity (Wildman–Crippen MR) is 111 cm³/mol. The molecule has 0 aliphatic heterocycles. The number of hydrogen-bond donors (Lipinski definition) is 0. The smallest absolute Gasteiger partial charge is 0.416 e. The lowest BCUT2D eigenvalue weighted by molar-refractivity contribution is -0.385. The molecule has 0 aliphatic carbocycles. The van der Waals surface area contributed by atoms with Crippen molar-refractivity contribution in [1.82, 2.24) is 4.57 Å². The number of hydrogen-bond acceptors (Lipinski definition) is 6. The van der Waals surface area contributed by atoms with Crippen molar-refractivity contribution in [3.63, 3.8) is 0 Å². The Morgan fingerprint density at radius 1 is 1.19 bits per heavy atom. The van der Waals surface area contributed by atoms with Crippen LogP contribution in [0.15, 0.2) is 36.4 Å². The molecule has 0 spiro atoms. The summed E-state index contributed by atoms with van der Waals surface area (Å²) in [5.41, 5.74) is -1.78. The summed E-state index contributed by atoms with van der Waals surface area (Å²) in [6.45, 7) is 3.92. The molecule has 0 aromatic heterocycles. The highest BCUT2D eigenvalue weighted by Crippen LogP contribution is 2.37. The molecule has 2 aromatic rings. The SMILES string of the molecule is CN(C)[Si](C)(C)COC(=O)c1cc(Oc2ccc(C(F)(F)F)cc2Cl)ccc1[N+](=O)[O-]. The summed E-state index contributed by atoms with van der Waals surface area (Å²) in [7, 11) is 1.66. The molecular formula is C19H20ClF3N2O5Si. The van der Waals surface area contributed by atoms with Crippen LogP contribution in [0.1, 0.15) is 15.9 Å². The van der Waals surface area contributed by atoms with Gasteiger partial charge in [0.25, 0.3) is 5.69 Å². The van der Waals surface area contributed by atoms with Gasteiger partial charge in [-0.15, -0.1) is 0 Å². The first-order valence-corrected chi connectivity index (χ1v) is 12.4. The molecule has 0 bridgehead atoms. The molecule has 2 aromatic carbocycles. The fourth-order valence-electron chi connectivity index (χ4n) is 2.24. The first-order chi connectivity index (χ1) is 14.2. The minimum absolute atomic E-state index is 0.0247. The number of nitro groups is 1. The fourth-order valence-corrected chi connectivity index (χ4v) is 3.20. The van der Waals surface area contributed by atoms with E-state index in [9.17, 15) is 28.1 Å². The molecule has 0 aliphatic rings. The van der Waals surface area contributed by atoms with Crippen LogP contribution in [0.5, 0.6) is 11.5 Å². The van der Waals surface area contributed by atoms with Crippen LogP contribution in [0.25, 0.3) is 0 Å². The quantitative estimate of drug-likeness (QED) is 0.226. The average Bonchev–Trinajstić information content (AvgIpc) is 2.66. The maximum atomic E-state index is 12.8. The number of ether oxygens (including phenoxy) is 2. The molecular weight excluding hydrogens is 457 g/mol. The third-order valence-corrected chi connectivity index (χ3v) is 8.21. The Kier molecular flexibility index (Phi) is 7.35. The largest absolute Gasteiger partial charge is 0.464 e. The molecule has 0 saturated heterocycles. The van der Waals surface area contributed by atoms with Crippen molar-refractivity contribution in [2.45, 2.75) is 19.3 Å². The van der Waals surface area contributed by atoms with Gasteiger partial charge in [0.2, 0.25) is 0 Å². The van der Waals surface area contributed by atoms with Crippen molar-refractivity contribution in [3.8, 4) is 11.5 Å². The number of halogens is 4. The summed E-state index contributed by atoms with van der Waals surface area (Å²) < 4.78 is 51.1. The van der Waals surface area contributed by atoms with E-state index in [2.05, 4.69) is 0 Å². The minimum Gasteiger partial charge on any atom is -0.464 e. The van der Waals surface area contributed by atoms with E-state index >= 15 is 0 Å². The predicted octanol–water partition coefficient (Wildman–Crippen LogP) is 5.52. The zero-order chi connectivity index (χ0) is 23.6. The van der Waals surface area contributed by atoms with E-state index < -0.39 is 36.6 Å². The third kappa shape index (κ3) is 6.18. The molecule has 0 radical (unpaired) electrons. The molecule has 0 saturated carbocycles. The van der Waals surface area contributed by atoms with E-state index in [1.807, 2.05) is 31.8 Å². The molecule has 12 heteroatoms. The summed E-state index contributed by atoms with van der Waals surface area (Å²) in [6, 6.07) is 5.87. The summed E-state index contributed by atoms with van der Waals surface area (Å²) >= 11 is 5.87. The number of esters is 1. The van der Waals surface area contributed by atoms with Gasteiger partial charge in [-0.1, -0.05) is 24.7 Å². The van der Waals surface area contributed by atoms with Gasteiger partial charge in [0.05, 0.1) is 21.7 Å². The number of rotatable bonds is 7. The van der Waals surface area contributed by atoms with Crippen LogP contribution >= 0.6 is 11.6 Å². The van der Waals surface area contributed by atoms with Crippen molar-refractivity contribution >= 4 is 31.5 Å². The van der Waals surface area contributed by atoms with Gasteiger partial charge in [0, 0.05) is 12.1 Å². The van der Waals surface area contributed by atoms with E-state index in [4.69, 9.17) is 21.1 Å². The van der Waals surface area contributed by atoms with Crippen LogP contribution in [0.3, 0.4) is 0 Å². The maximum absolute atomic E-state index is 12.8. The second-order valence-electron chi connectivity index (χ2n) is 7.46. The molecule has 0 heterocycles. The number of alkyl halides is 3. The van der Waals surface area contributed by atoms with Gasteiger partial charge in [0.15, 0.2) is 8.24 Å². The Bertz CT molecular complexity index is 999. The normalized spacial score (nSPS) is 12.0. The summed E-state index contributed by atoms with van der Waals surface area (Å²) in [4.78, 5) is 23.1. The molecule has 0 atom stereocenters. The van der Waals surface area contributed by atoms with Crippen LogP contribution in [0, 0.1) is 10.1 Å². The Hall–Kier alpha value is -2.63. The van der Waals surface area contributed by atoms with Gasteiger partial charge in [0.1, 0.15) is 17.1 Å². The zero-order valence-corrected chi connectivity index (χ0v) is 18.9. The van der Waals surface area contributed by atoms with Gasteiger partial charge in [-0.25, -0.2) is 4.79 Å². The third-order valence-electron chi connectivity index (χ3n) is 4.64. The first-order valence-electron chi connectivity index (χ1n) is 8.90. The van der Waals surface area contributed by atoms with Gasteiger partial charge >= 0.3 is 12.1 Å². The van der Waals surface area contributed by atoms with Crippen LogP contribution in [-0.4, -0.2) is 44.0 Å². The summed E-state index contributed by atoms with van der Waals surface area (Å²) in [5.74, 6) is -1.04. The van der Waals surface area contributed by atoms with Crippen molar-refractivity contribution in [1.29, 1.82) is 0 Å². The number of carbonyl (C=O) groups is 1. The number of carbonyl (C=O) groups excluding carboxylic acids is 1. The lowest BCUT2D eigenvalue weighted by atomic mass is 10.1. The topological polar surface area (TPSA) is 81.9 Å². The summed E-state index contributed by atoms with van der Waals surface area (Å²) in [6.07, 6.45) is -4.47. The highest BCUT2D eigenvalue weighted by atomic mass is 35.5. The minimum atomic E-state index is -4.57. The van der Waals surface area contributed by atoms with Crippen LogP contribution in [-0.2, 0) is 10.9 Å². The van der Waals surface area contributed by atoms with E-state index in [0.717, 1.165) is 24.3 Å². The van der Waals surface area contributed by atoms with Crippen molar-refractivity contribution in [2.75, 3.05) is 20.3 Å². The van der Waals surface area contributed by atoms with Crippen molar-refractivity contribution in [2.24, 2.45) is 0 Å².